The lowest BCUT2D eigenvalue weighted by molar-refractivity contribution is 0.0148. The molecule has 2 fully saturated rings. The van der Waals surface area contributed by atoms with Crippen molar-refractivity contribution in [2.75, 3.05) is 23.3 Å². The molecule has 3 aromatic heterocycles. The minimum absolute atomic E-state index is 0. The molecule has 1 N–H and O–H groups in total. The van der Waals surface area contributed by atoms with Gasteiger partial charge >= 0.3 is 6.09 Å². The number of rotatable bonds is 5. The van der Waals surface area contributed by atoms with E-state index in [1.165, 1.54) is 6.07 Å². The van der Waals surface area contributed by atoms with Gasteiger partial charge in [0.05, 0.1) is 18.4 Å². The number of carbonyl (C=O) groups is 1. The second kappa shape index (κ2) is 10.9. The summed E-state index contributed by atoms with van der Waals surface area (Å²) in [6, 6.07) is 13.9. The molecule has 6 rings (SSSR count). The summed E-state index contributed by atoms with van der Waals surface area (Å²) in [4.78, 5) is 18.5. The lowest BCUT2D eigenvalue weighted by Crippen LogP contribution is -2.39. The van der Waals surface area contributed by atoms with Crippen LogP contribution in [0.1, 0.15) is 25.7 Å². The highest BCUT2D eigenvalue weighted by atomic mass is 35.5. The molecule has 1 amide bonds. The Kier molecular flexibility index (Phi) is 7.79. The molecule has 0 radical (unpaired) electrons. The van der Waals surface area contributed by atoms with Crippen LogP contribution in [0.4, 0.5) is 20.8 Å². The molecule has 4 heterocycles. The van der Waals surface area contributed by atoms with Crippen LogP contribution in [0.25, 0.3) is 16.9 Å². The van der Waals surface area contributed by atoms with Crippen LogP contribution in [0.2, 0.25) is 0 Å². The van der Waals surface area contributed by atoms with E-state index in [4.69, 9.17) is 4.74 Å². The highest BCUT2D eigenvalue weighted by Gasteiger charge is 2.48. The van der Waals surface area contributed by atoms with Crippen LogP contribution in [0, 0.1) is 11.7 Å². The van der Waals surface area contributed by atoms with Gasteiger partial charge in [-0.2, -0.15) is 5.10 Å². The fraction of sp³-hybridized carbons (Fsp3) is 0.320. The zero-order valence-electron chi connectivity index (χ0n) is 19.8. The first-order valence-corrected chi connectivity index (χ1v) is 11.7. The van der Waals surface area contributed by atoms with Gasteiger partial charge in [0.1, 0.15) is 17.2 Å². The summed E-state index contributed by atoms with van der Waals surface area (Å²) in [7, 11) is 0. The van der Waals surface area contributed by atoms with E-state index in [2.05, 4.69) is 25.6 Å². The molecule has 0 bridgehead atoms. The van der Waals surface area contributed by atoms with Crippen molar-refractivity contribution >= 4 is 48.2 Å². The fourth-order valence-corrected chi connectivity index (χ4v) is 4.93. The molecule has 37 heavy (non-hydrogen) atoms. The van der Waals surface area contributed by atoms with E-state index in [0.29, 0.717) is 35.2 Å². The summed E-state index contributed by atoms with van der Waals surface area (Å²) in [5, 5.41) is 15.9. The highest BCUT2D eigenvalue weighted by Crippen LogP contribution is 2.40. The molecule has 0 unspecified atom stereocenters. The molecule has 1 saturated carbocycles. The zero-order chi connectivity index (χ0) is 23.8. The number of nitrogens with one attached hydrogen (secondary N) is 1. The molecular weight excluding hydrogens is 520 g/mol. The van der Waals surface area contributed by atoms with Crippen LogP contribution in [-0.2, 0) is 4.74 Å². The smallest absolute Gasteiger partial charge is 0.416 e. The summed E-state index contributed by atoms with van der Waals surface area (Å²) >= 11 is 0. The average molecular weight is 546 g/mol. The van der Waals surface area contributed by atoms with Crippen LogP contribution < -0.4 is 10.2 Å². The predicted octanol–water partition coefficient (Wildman–Crippen LogP) is 5.17. The summed E-state index contributed by atoms with van der Waals surface area (Å²) in [6.45, 7) is 1.28. The van der Waals surface area contributed by atoms with E-state index in [-0.39, 0.29) is 36.7 Å². The largest absolute Gasteiger partial charge is 0.441 e. The number of halogens is 3. The highest BCUT2D eigenvalue weighted by molar-refractivity contribution is 5.89. The monoisotopic (exact) mass is 545 g/mol. The molecule has 194 valence electrons. The lowest BCUT2D eigenvalue weighted by Gasteiger charge is -2.35. The summed E-state index contributed by atoms with van der Waals surface area (Å²) in [5.74, 6) is 1.39. The zero-order valence-corrected chi connectivity index (χ0v) is 21.4. The van der Waals surface area contributed by atoms with Crippen molar-refractivity contribution in [2.24, 2.45) is 5.92 Å². The summed E-state index contributed by atoms with van der Waals surface area (Å²) in [5.41, 5.74) is 1.20. The minimum Gasteiger partial charge on any atom is -0.441 e. The van der Waals surface area contributed by atoms with Gasteiger partial charge in [-0.25, -0.2) is 18.7 Å². The first-order chi connectivity index (χ1) is 17.1. The van der Waals surface area contributed by atoms with Gasteiger partial charge in [-0.15, -0.1) is 35.0 Å². The Morgan fingerprint density at radius 1 is 1.08 bits per heavy atom. The third-order valence-corrected chi connectivity index (χ3v) is 6.86. The first-order valence-electron chi connectivity index (χ1n) is 11.7. The third kappa shape index (κ3) is 5.30. The number of anilines is 2. The molecule has 1 aromatic carbocycles. The maximum absolute atomic E-state index is 14.1. The standard InChI is InChI=1S/C25H24FN7O2.2ClH/c26-19-5-2-1-4-18(19)20-15-33-22(29-20)8-7-21(31-33)27-14-17-9-11-25(12-10-17)16-32(24(34)35-25)23-6-3-13-28-30-23;;/h1-8,13,15,17H,9-12,14,16H2,(H,27,31);2*1H/t17-,25-;;. The Labute approximate surface area is 225 Å². The van der Waals surface area contributed by atoms with Crippen molar-refractivity contribution in [3.63, 3.8) is 0 Å². The molecule has 0 atom stereocenters. The van der Waals surface area contributed by atoms with Gasteiger partial charge < -0.3 is 10.1 Å². The van der Waals surface area contributed by atoms with Crippen LogP contribution in [0.5, 0.6) is 0 Å². The van der Waals surface area contributed by atoms with Crippen molar-refractivity contribution in [2.45, 2.75) is 31.3 Å². The molecule has 9 nitrogen and oxygen atoms in total. The van der Waals surface area contributed by atoms with Gasteiger partial charge in [0.25, 0.3) is 0 Å². The van der Waals surface area contributed by atoms with E-state index in [0.717, 1.165) is 38.0 Å². The molecule has 1 spiro atoms. The molecule has 4 aromatic rings. The third-order valence-electron chi connectivity index (χ3n) is 6.86. The van der Waals surface area contributed by atoms with Crippen molar-refractivity contribution in [1.82, 2.24) is 24.8 Å². The van der Waals surface area contributed by atoms with E-state index >= 15 is 0 Å². The number of aromatic nitrogens is 5. The maximum Gasteiger partial charge on any atom is 0.416 e. The van der Waals surface area contributed by atoms with E-state index in [9.17, 15) is 9.18 Å². The maximum atomic E-state index is 14.1. The summed E-state index contributed by atoms with van der Waals surface area (Å²) in [6.07, 6.45) is 6.47. The number of carbonyl (C=O) groups excluding carboxylic acids is 1. The predicted molar refractivity (Wildman–Crippen MR) is 142 cm³/mol. The van der Waals surface area contributed by atoms with Gasteiger partial charge in [0.15, 0.2) is 11.5 Å². The molecule has 1 saturated heterocycles. The molecule has 1 aliphatic carbocycles. The van der Waals surface area contributed by atoms with E-state index in [1.54, 1.807) is 52.1 Å². The van der Waals surface area contributed by atoms with Crippen LogP contribution in [0.15, 0.2) is 60.9 Å². The normalized spacial score (nSPS) is 20.8. The lowest BCUT2D eigenvalue weighted by atomic mass is 9.78. The number of amides is 1. The second-order valence-corrected chi connectivity index (χ2v) is 9.17. The Hall–Kier alpha value is -3.50. The Balaban J connectivity index is 0.00000160. The second-order valence-electron chi connectivity index (χ2n) is 9.17. The molecule has 12 heteroatoms. The van der Waals surface area contributed by atoms with E-state index in [1.807, 2.05) is 12.1 Å². The number of nitrogens with zero attached hydrogens (tertiary/aromatic N) is 6. The van der Waals surface area contributed by atoms with Gasteiger partial charge in [-0.1, -0.05) is 12.1 Å². The first kappa shape index (κ1) is 26.6. The number of hydrogen-bond donors (Lipinski definition) is 1. The fourth-order valence-electron chi connectivity index (χ4n) is 4.93. The van der Waals surface area contributed by atoms with Gasteiger partial charge in [-0.3, -0.25) is 4.90 Å². The molecule has 2 aliphatic rings. The Bertz CT molecular complexity index is 1380. The Morgan fingerprint density at radius 2 is 1.89 bits per heavy atom. The minimum atomic E-state index is -0.456. The molecular formula is C25H26Cl2FN7O2. The van der Waals surface area contributed by atoms with Crippen molar-refractivity contribution in [1.29, 1.82) is 0 Å². The van der Waals surface area contributed by atoms with Crippen LogP contribution in [0.3, 0.4) is 0 Å². The van der Waals surface area contributed by atoms with Crippen LogP contribution >= 0.6 is 24.8 Å². The quantitative estimate of drug-likeness (QED) is 0.369. The summed E-state index contributed by atoms with van der Waals surface area (Å²) < 4.78 is 21.6. The van der Waals surface area contributed by atoms with Crippen molar-refractivity contribution < 1.29 is 13.9 Å². The van der Waals surface area contributed by atoms with Gasteiger partial charge in [0.2, 0.25) is 0 Å². The number of benzene rings is 1. The van der Waals surface area contributed by atoms with Crippen molar-refractivity contribution in [3.05, 3.63) is 66.7 Å². The Morgan fingerprint density at radius 3 is 2.65 bits per heavy atom. The number of ether oxygens (including phenoxy) is 1. The van der Waals surface area contributed by atoms with Crippen molar-refractivity contribution in [3.8, 4) is 11.3 Å². The SMILES string of the molecule is Cl.Cl.O=C1O[C@]2(CC[C@H](CNc3ccc4nc(-c5ccccc5F)cn4n3)CC2)CN1c1cccnn1. The number of imidazole rings is 1. The topological polar surface area (TPSA) is 97.5 Å². The number of fused-ring (bicyclic) bond motifs is 1. The van der Waals surface area contributed by atoms with Gasteiger partial charge in [-0.05, 0) is 68.0 Å². The van der Waals surface area contributed by atoms with Crippen LogP contribution in [-0.4, -0.2) is 49.6 Å². The van der Waals surface area contributed by atoms with E-state index < -0.39 is 5.60 Å². The van der Waals surface area contributed by atoms with Gasteiger partial charge in [0, 0.05) is 18.3 Å². The number of hydrogen-bond acceptors (Lipinski definition) is 7. The molecule has 1 aliphatic heterocycles. The average Bonchev–Trinajstić information content (AvgIpc) is 3.45.